The van der Waals surface area contributed by atoms with Gasteiger partial charge < -0.3 is 15.5 Å². The number of nitrogens with zero attached hydrogens (tertiary/aromatic N) is 1. The van der Waals surface area contributed by atoms with Gasteiger partial charge in [0.2, 0.25) is 0 Å². The van der Waals surface area contributed by atoms with Gasteiger partial charge in [0.05, 0.1) is 11.1 Å². The fraction of sp³-hybridized carbons (Fsp3) is 0.676. The number of carbonyl (C=O) groups is 2. The zero-order valence-corrected chi connectivity index (χ0v) is 26.9. The molecule has 234 valence electrons. The molecule has 9 atom stereocenters. The molecule has 0 heterocycles. The number of carboxylic acids is 1. The molecule has 5 fully saturated rings. The second kappa shape index (κ2) is 9.78. The number of benzene rings is 1. The Labute approximate surface area is 257 Å². The number of aliphatic carboxylic acids is 1. The van der Waals surface area contributed by atoms with E-state index >= 15 is 0 Å². The third kappa shape index (κ3) is 4.04. The number of fused-ring (bicyclic) bond motifs is 7. The predicted molar refractivity (Wildman–Crippen MR) is 169 cm³/mol. The molecule has 0 bridgehead atoms. The van der Waals surface area contributed by atoms with Crippen LogP contribution in [-0.2, 0) is 9.59 Å². The van der Waals surface area contributed by atoms with Crippen LogP contribution in [0.4, 0.5) is 5.69 Å². The topological polar surface area (TPSA) is 101 Å². The molecular formula is C37H50NO5-. The molecule has 6 heteroatoms. The molecule has 0 aliphatic heterocycles. The van der Waals surface area contributed by atoms with Gasteiger partial charge in [-0.1, -0.05) is 58.9 Å². The summed E-state index contributed by atoms with van der Waals surface area (Å²) in [6, 6.07) is 6.79. The fourth-order valence-electron chi connectivity index (χ4n) is 12.4. The minimum Gasteiger partial charge on any atom is -0.733 e. The zero-order valence-electron chi connectivity index (χ0n) is 26.9. The molecular weight excluding hydrogens is 538 g/mol. The first-order valence-corrected chi connectivity index (χ1v) is 16.4. The van der Waals surface area contributed by atoms with Crippen molar-refractivity contribution < 1.29 is 19.9 Å². The molecule has 2 N–H and O–H groups in total. The number of allylic oxidation sites excluding steroid dienone is 2. The Kier molecular flexibility index (Phi) is 6.95. The van der Waals surface area contributed by atoms with E-state index in [9.17, 15) is 25.1 Å². The van der Waals surface area contributed by atoms with Gasteiger partial charge >= 0.3 is 5.97 Å². The average molecular weight is 589 g/mol. The monoisotopic (exact) mass is 588 g/mol. The molecule has 0 unspecified atom stereocenters. The number of carboxylic acid groups (broad SMARTS) is 1. The van der Waals surface area contributed by atoms with Crippen LogP contribution < -0.4 is 5.23 Å². The normalized spacial score (nSPS) is 44.1. The summed E-state index contributed by atoms with van der Waals surface area (Å²) >= 11 is 0. The highest BCUT2D eigenvalue weighted by Gasteiger charge is 2.72. The van der Waals surface area contributed by atoms with Crippen molar-refractivity contribution in [3.05, 3.63) is 52.8 Å². The van der Waals surface area contributed by atoms with Crippen LogP contribution in [0.3, 0.4) is 0 Å². The first-order chi connectivity index (χ1) is 20.0. The van der Waals surface area contributed by atoms with Gasteiger partial charge in [-0.2, -0.15) is 0 Å². The number of hydrogen-bond donors (Lipinski definition) is 2. The van der Waals surface area contributed by atoms with Crippen molar-refractivity contribution in [2.75, 3.05) is 5.23 Å². The zero-order chi connectivity index (χ0) is 31.3. The quantitative estimate of drug-likeness (QED) is 0.207. The van der Waals surface area contributed by atoms with E-state index in [-0.39, 0.29) is 50.7 Å². The maximum Gasteiger partial charge on any atom is 0.309 e. The first-order valence-electron chi connectivity index (χ1n) is 16.4. The van der Waals surface area contributed by atoms with Gasteiger partial charge in [0.1, 0.15) is 0 Å². The van der Waals surface area contributed by atoms with E-state index < -0.39 is 16.8 Å². The highest BCUT2D eigenvalue weighted by molar-refractivity contribution is 6.04. The number of carbonyl (C=O) groups excluding carboxylic acids is 1. The Morgan fingerprint density at radius 3 is 2.37 bits per heavy atom. The van der Waals surface area contributed by atoms with Crippen LogP contribution in [0.1, 0.15) is 105 Å². The van der Waals surface area contributed by atoms with Crippen molar-refractivity contribution in [3.63, 3.8) is 0 Å². The van der Waals surface area contributed by atoms with Crippen LogP contribution in [0.15, 0.2) is 42.0 Å². The highest BCUT2D eigenvalue weighted by Crippen LogP contribution is 2.77. The number of anilines is 1. The second-order valence-corrected chi connectivity index (χ2v) is 16.4. The molecule has 0 aromatic heterocycles. The van der Waals surface area contributed by atoms with Crippen LogP contribution >= 0.6 is 0 Å². The Morgan fingerprint density at radius 1 is 1.00 bits per heavy atom. The minimum atomic E-state index is -0.629. The van der Waals surface area contributed by atoms with Crippen LogP contribution in [0.25, 0.3) is 6.08 Å². The summed E-state index contributed by atoms with van der Waals surface area (Å²) in [4.78, 5) is 27.0. The molecule has 6 rings (SSSR count). The number of Topliss-reactive ketones (excluding diaryl/α,β-unsaturated/α-hetero) is 1. The van der Waals surface area contributed by atoms with Crippen molar-refractivity contribution in [1.29, 1.82) is 0 Å². The van der Waals surface area contributed by atoms with Crippen molar-refractivity contribution in [2.24, 2.45) is 56.7 Å². The van der Waals surface area contributed by atoms with Gasteiger partial charge in [0.15, 0.2) is 5.78 Å². The van der Waals surface area contributed by atoms with E-state index in [1.807, 2.05) is 12.1 Å². The van der Waals surface area contributed by atoms with Gasteiger partial charge in [-0.25, -0.2) is 0 Å². The van der Waals surface area contributed by atoms with E-state index in [1.165, 1.54) is 0 Å². The number of hydrogen-bond acceptors (Lipinski definition) is 5. The standard InChI is InChI=1S/C37H50NO5/c1-22(2)26-13-16-37(32(40)41)18-17-35(6)27(30(26)37)11-12-29-34(5)21-24(19-23-9-8-10-25(20-23)38(42)43)31(39)33(3,4)28(34)14-15-36(29,35)7/h8-10,19-20,26-30,42H,1,11-18,21H2,2-7H3,(H,40,41)/q-1/t26-,27+,28-,29+,30-,34+,35-,36-,37-/m1/s1. The Hall–Kier alpha value is -2.44. The van der Waals surface area contributed by atoms with Crippen molar-refractivity contribution in [2.45, 2.75) is 99.3 Å². The summed E-state index contributed by atoms with van der Waals surface area (Å²) in [5.74, 6) is 1.04. The molecule has 0 amide bonds. The summed E-state index contributed by atoms with van der Waals surface area (Å²) in [7, 11) is 0. The molecule has 1 aromatic carbocycles. The molecule has 5 saturated carbocycles. The van der Waals surface area contributed by atoms with Crippen molar-refractivity contribution in [1.82, 2.24) is 0 Å². The molecule has 0 radical (unpaired) electrons. The summed E-state index contributed by atoms with van der Waals surface area (Å²) in [6.07, 6.45) is 10.2. The summed E-state index contributed by atoms with van der Waals surface area (Å²) < 4.78 is 0. The first kappa shape index (κ1) is 30.6. The van der Waals surface area contributed by atoms with E-state index in [1.54, 1.807) is 18.2 Å². The largest absolute Gasteiger partial charge is 0.733 e. The minimum absolute atomic E-state index is 0.0219. The Bertz CT molecular complexity index is 1390. The van der Waals surface area contributed by atoms with Gasteiger partial charge in [0, 0.05) is 5.41 Å². The smallest absolute Gasteiger partial charge is 0.309 e. The van der Waals surface area contributed by atoms with Crippen LogP contribution in [0.2, 0.25) is 0 Å². The predicted octanol–water partition coefficient (Wildman–Crippen LogP) is 8.68. The Balaban J connectivity index is 1.41. The molecule has 5 aliphatic rings. The lowest BCUT2D eigenvalue weighted by molar-refractivity contribution is -0.231. The average Bonchev–Trinajstić information content (AvgIpc) is 3.34. The van der Waals surface area contributed by atoms with E-state index in [4.69, 9.17) is 0 Å². The van der Waals surface area contributed by atoms with Gasteiger partial charge in [-0.3, -0.25) is 14.8 Å². The third-order valence-electron chi connectivity index (χ3n) is 14.5. The van der Waals surface area contributed by atoms with Crippen LogP contribution in [0.5, 0.6) is 0 Å². The van der Waals surface area contributed by atoms with Crippen molar-refractivity contribution in [3.8, 4) is 0 Å². The lowest BCUT2D eigenvalue weighted by atomic mass is 9.32. The maximum atomic E-state index is 14.1. The van der Waals surface area contributed by atoms with E-state index in [0.717, 1.165) is 68.1 Å². The summed E-state index contributed by atoms with van der Waals surface area (Å²) in [5.41, 5.74) is 1.67. The Morgan fingerprint density at radius 2 is 1.72 bits per heavy atom. The fourth-order valence-corrected chi connectivity index (χ4v) is 12.4. The van der Waals surface area contributed by atoms with Crippen LogP contribution in [0, 0.1) is 61.9 Å². The molecule has 0 saturated heterocycles. The third-order valence-corrected chi connectivity index (χ3v) is 14.5. The lowest BCUT2D eigenvalue weighted by Crippen LogP contribution is -2.67. The van der Waals surface area contributed by atoms with E-state index in [0.29, 0.717) is 18.3 Å². The van der Waals surface area contributed by atoms with Crippen LogP contribution in [-0.4, -0.2) is 22.1 Å². The second-order valence-electron chi connectivity index (χ2n) is 16.4. The van der Waals surface area contributed by atoms with Gasteiger partial charge in [-0.05, 0) is 140 Å². The van der Waals surface area contributed by atoms with Crippen molar-refractivity contribution >= 4 is 23.5 Å². The molecule has 5 aliphatic carbocycles. The van der Waals surface area contributed by atoms with Gasteiger partial charge in [0.25, 0.3) is 0 Å². The molecule has 43 heavy (non-hydrogen) atoms. The molecule has 0 spiro atoms. The number of ketones is 1. The molecule has 1 aromatic rings. The summed E-state index contributed by atoms with van der Waals surface area (Å²) in [5, 5.41) is 31.5. The van der Waals surface area contributed by atoms with Gasteiger partial charge in [-0.15, -0.1) is 0 Å². The summed E-state index contributed by atoms with van der Waals surface area (Å²) in [6.45, 7) is 18.2. The van der Waals surface area contributed by atoms with E-state index in [2.05, 4.69) is 48.1 Å². The molecule has 6 nitrogen and oxygen atoms in total. The SMILES string of the molecule is C=C(C)[C@H]1CC[C@@]2(C(=O)O)CC[C@]3(C)[C@@H](CC[C@H]4[C@@]5(C)CC(=Cc6cccc(N([O-])O)c6)C(=O)C(C)(C)[C@H]5CC[C@]43C)[C@@H]12. The lowest BCUT2D eigenvalue weighted by Gasteiger charge is -2.72. The maximum absolute atomic E-state index is 14.1. The number of rotatable bonds is 4. The highest BCUT2D eigenvalue weighted by atomic mass is 16.8.